The Kier molecular flexibility index (Phi) is 4.66. The number of ether oxygens (including phenoxy) is 2. The maximum absolute atomic E-state index is 12.2. The Morgan fingerprint density at radius 3 is 2.62 bits per heavy atom. The van der Waals surface area contributed by atoms with Gasteiger partial charge in [0.25, 0.3) is 5.69 Å². The molecular weight excluding hydrogens is 342 g/mol. The monoisotopic (exact) mass is 355 g/mol. The van der Waals surface area contributed by atoms with E-state index in [9.17, 15) is 19.7 Å². The van der Waals surface area contributed by atoms with Crippen molar-refractivity contribution in [2.75, 3.05) is 13.7 Å². The Labute approximate surface area is 147 Å². The van der Waals surface area contributed by atoms with Crippen LogP contribution in [-0.2, 0) is 4.74 Å². The fourth-order valence-corrected chi connectivity index (χ4v) is 2.37. The van der Waals surface area contributed by atoms with Gasteiger partial charge in [-0.15, -0.1) is 0 Å². The molecule has 0 N–H and O–H groups in total. The molecule has 0 radical (unpaired) electrons. The summed E-state index contributed by atoms with van der Waals surface area (Å²) in [6.07, 6.45) is 0. The van der Waals surface area contributed by atoms with E-state index in [1.54, 1.807) is 30.3 Å². The Morgan fingerprint density at radius 1 is 1.15 bits per heavy atom. The number of nitro benzene ring substituents is 1. The second kappa shape index (κ2) is 7.06. The molecule has 8 heteroatoms. The second-order valence-electron chi connectivity index (χ2n) is 5.29. The number of Topliss-reactive ketones (excluding diaryl/α,β-unsaturated/α-hetero) is 1. The first-order valence-electron chi connectivity index (χ1n) is 7.51. The van der Waals surface area contributed by atoms with Crippen LogP contribution in [0, 0.1) is 10.1 Å². The molecule has 2 aromatic carbocycles. The van der Waals surface area contributed by atoms with Crippen molar-refractivity contribution in [2.24, 2.45) is 0 Å². The number of rotatable bonds is 6. The highest BCUT2D eigenvalue weighted by Crippen LogP contribution is 2.25. The van der Waals surface area contributed by atoms with Crippen molar-refractivity contribution >= 4 is 28.4 Å². The molecule has 0 aliphatic rings. The van der Waals surface area contributed by atoms with Crippen LogP contribution in [0.2, 0.25) is 0 Å². The third-order valence-corrected chi connectivity index (χ3v) is 3.65. The fraction of sp³-hybridized carbons (Fsp3) is 0.111. The zero-order valence-corrected chi connectivity index (χ0v) is 13.6. The standard InChI is InChI=1S/C18H13NO7/c1-24-16-7-6-12(19(22)23)9-13(16)18(21)25-10-14(20)17-8-11-4-2-3-5-15(11)26-17/h2-9H,10H2,1H3. The van der Waals surface area contributed by atoms with Gasteiger partial charge < -0.3 is 13.9 Å². The molecule has 0 amide bonds. The number of nitro groups is 1. The number of benzene rings is 2. The van der Waals surface area contributed by atoms with E-state index < -0.39 is 23.3 Å². The minimum atomic E-state index is -0.907. The van der Waals surface area contributed by atoms with E-state index in [0.29, 0.717) is 5.58 Å². The average molecular weight is 355 g/mol. The summed E-state index contributed by atoms with van der Waals surface area (Å²) in [6, 6.07) is 12.2. The Balaban J connectivity index is 1.74. The van der Waals surface area contributed by atoms with Gasteiger partial charge in [0.05, 0.1) is 12.0 Å². The zero-order valence-electron chi connectivity index (χ0n) is 13.6. The number of carbonyl (C=O) groups is 2. The highest BCUT2D eigenvalue weighted by molar-refractivity contribution is 6.00. The molecule has 8 nitrogen and oxygen atoms in total. The van der Waals surface area contributed by atoms with Crippen LogP contribution < -0.4 is 4.74 Å². The first-order valence-corrected chi connectivity index (χ1v) is 7.51. The molecule has 0 atom stereocenters. The Bertz CT molecular complexity index is 973. The molecule has 3 rings (SSSR count). The van der Waals surface area contributed by atoms with Gasteiger partial charge in [0, 0.05) is 17.5 Å². The van der Waals surface area contributed by atoms with E-state index in [1.165, 1.54) is 19.2 Å². The van der Waals surface area contributed by atoms with Crippen molar-refractivity contribution in [2.45, 2.75) is 0 Å². The molecule has 0 aliphatic heterocycles. The van der Waals surface area contributed by atoms with Crippen LogP contribution in [0.1, 0.15) is 20.9 Å². The number of non-ortho nitro benzene ring substituents is 1. The molecule has 1 aromatic heterocycles. The van der Waals surface area contributed by atoms with Crippen LogP contribution in [0.5, 0.6) is 5.75 Å². The lowest BCUT2D eigenvalue weighted by Crippen LogP contribution is -2.14. The summed E-state index contributed by atoms with van der Waals surface area (Å²) in [4.78, 5) is 34.6. The van der Waals surface area contributed by atoms with Crippen LogP contribution in [0.15, 0.2) is 52.9 Å². The van der Waals surface area contributed by atoms with Gasteiger partial charge in [-0.3, -0.25) is 14.9 Å². The first kappa shape index (κ1) is 17.2. The van der Waals surface area contributed by atoms with Crippen molar-refractivity contribution in [1.29, 1.82) is 0 Å². The number of methoxy groups -OCH3 is 1. The molecule has 0 bridgehead atoms. The lowest BCUT2D eigenvalue weighted by molar-refractivity contribution is -0.384. The summed E-state index contributed by atoms with van der Waals surface area (Å²) in [5, 5.41) is 11.6. The molecule has 26 heavy (non-hydrogen) atoms. The molecule has 0 saturated heterocycles. The minimum absolute atomic E-state index is 0.0602. The molecular formula is C18H13NO7. The van der Waals surface area contributed by atoms with Gasteiger partial charge in [0.15, 0.2) is 12.4 Å². The van der Waals surface area contributed by atoms with E-state index in [-0.39, 0.29) is 22.8 Å². The summed E-state index contributed by atoms with van der Waals surface area (Å²) >= 11 is 0. The zero-order chi connectivity index (χ0) is 18.7. The van der Waals surface area contributed by atoms with Crippen molar-refractivity contribution in [1.82, 2.24) is 0 Å². The van der Waals surface area contributed by atoms with Crippen LogP contribution in [0.4, 0.5) is 5.69 Å². The number of hydrogen-bond donors (Lipinski definition) is 0. The summed E-state index contributed by atoms with van der Waals surface area (Å²) in [6.45, 7) is -0.565. The van der Waals surface area contributed by atoms with Crippen LogP contribution in [0.3, 0.4) is 0 Å². The molecule has 0 unspecified atom stereocenters. The maximum atomic E-state index is 12.2. The van der Waals surface area contributed by atoms with Crippen molar-refractivity contribution in [3.63, 3.8) is 0 Å². The molecule has 0 saturated carbocycles. The van der Waals surface area contributed by atoms with Crippen LogP contribution >= 0.6 is 0 Å². The SMILES string of the molecule is COc1ccc([N+](=O)[O-])cc1C(=O)OCC(=O)c1cc2ccccc2o1. The lowest BCUT2D eigenvalue weighted by atomic mass is 10.2. The summed E-state index contributed by atoms with van der Waals surface area (Å²) < 4.78 is 15.4. The van der Waals surface area contributed by atoms with E-state index in [1.807, 2.05) is 0 Å². The lowest BCUT2D eigenvalue weighted by Gasteiger charge is -2.07. The number of ketones is 1. The number of nitrogens with zero attached hydrogens (tertiary/aromatic N) is 1. The minimum Gasteiger partial charge on any atom is -0.496 e. The Morgan fingerprint density at radius 2 is 1.92 bits per heavy atom. The number of furan rings is 1. The number of hydrogen-bond acceptors (Lipinski definition) is 7. The van der Waals surface area contributed by atoms with Crippen molar-refractivity contribution < 1.29 is 28.4 Å². The number of fused-ring (bicyclic) bond motifs is 1. The number of para-hydroxylation sites is 1. The molecule has 0 spiro atoms. The predicted octanol–water partition coefficient (Wildman–Crippen LogP) is 3.39. The summed E-state index contributed by atoms with van der Waals surface area (Å²) in [5.41, 5.74) is 0.114. The summed E-state index contributed by atoms with van der Waals surface area (Å²) in [7, 11) is 1.32. The van der Waals surface area contributed by atoms with Crippen LogP contribution in [0.25, 0.3) is 11.0 Å². The van der Waals surface area contributed by atoms with E-state index in [4.69, 9.17) is 13.9 Å². The van der Waals surface area contributed by atoms with Gasteiger partial charge >= 0.3 is 5.97 Å². The average Bonchev–Trinajstić information content (AvgIpc) is 3.09. The normalized spacial score (nSPS) is 10.5. The van der Waals surface area contributed by atoms with Gasteiger partial charge in [-0.25, -0.2) is 4.79 Å². The predicted molar refractivity (Wildman–Crippen MR) is 90.5 cm³/mol. The topological polar surface area (TPSA) is 109 Å². The van der Waals surface area contributed by atoms with Crippen molar-refractivity contribution in [3.05, 3.63) is 70.0 Å². The largest absolute Gasteiger partial charge is 0.496 e. The molecule has 3 aromatic rings. The number of esters is 1. The quantitative estimate of drug-likeness (QED) is 0.288. The van der Waals surface area contributed by atoms with Crippen molar-refractivity contribution in [3.8, 4) is 5.75 Å². The number of carbonyl (C=O) groups excluding carboxylic acids is 2. The van der Waals surface area contributed by atoms with Gasteiger partial charge in [-0.2, -0.15) is 0 Å². The second-order valence-corrected chi connectivity index (χ2v) is 5.29. The van der Waals surface area contributed by atoms with E-state index >= 15 is 0 Å². The highest BCUT2D eigenvalue weighted by Gasteiger charge is 2.21. The van der Waals surface area contributed by atoms with Gasteiger partial charge in [-0.05, 0) is 18.2 Å². The first-order chi connectivity index (χ1) is 12.5. The third-order valence-electron chi connectivity index (χ3n) is 3.65. The molecule has 1 heterocycles. The van der Waals surface area contributed by atoms with Gasteiger partial charge in [0.1, 0.15) is 16.9 Å². The van der Waals surface area contributed by atoms with Crippen LogP contribution in [-0.4, -0.2) is 30.4 Å². The van der Waals surface area contributed by atoms with E-state index in [0.717, 1.165) is 11.5 Å². The molecule has 0 fully saturated rings. The molecule has 0 aliphatic carbocycles. The third kappa shape index (κ3) is 3.39. The van der Waals surface area contributed by atoms with E-state index in [2.05, 4.69) is 0 Å². The Hall–Kier alpha value is -3.68. The maximum Gasteiger partial charge on any atom is 0.342 e. The van der Waals surface area contributed by atoms with Gasteiger partial charge in [-0.1, -0.05) is 18.2 Å². The summed E-state index contributed by atoms with van der Waals surface area (Å²) in [5.74, 6) is -1.27. The molecule has 132 valence electrons. The van der Waals surface area contributed by atoms with Gasteiger partial charge in [0.2, 0.25) is 5.78 Å². The highest BCUT2D eigenvalue weighted by atomic mass is 16.6. The fourth-order valence-electron chi connectivity index (χ4n) is 2.37. The smallest absolute Gasteiger partial charge is 0.342 e.